The number of rotatable bonds is 4. The maximum Gasteiger partial charge on any atom is 0.325 e. The van der Waals surface area contributed by atoms with Crippen LogP contribution in [-0.4, -0.2) is 53.4 Å². The van der Waals surface area contributed by atoms with Crippen LogP contribution in [0.3, 0.4) is 0 Å². The van der Waals surface area contributed by atoms with Gasteiger partial charge in [-0.1, -0.05) is 0 Å². The van der Waals surface area contributed by atoms with Crippen molar-refractivity contribution in [3.05, 3.63) is 0 Å². The molecule has 0 radical (unpaired) electrons. The van der Waals surface area contributed by atoms with E-state index in [2.05, 4.69) is 0 Å². The van der Waals surface area contributed by atoms with Gasteiger partial charge in [-0.3, -0.25) is 4.57 Å². The van der Waals surface area contributed by atoms with Gasteiger partial charge in [0.1, 0.15) is 12.2 Å². The molecule has 18 heavy (non-hydrogen) atoms. The summed E-state index contributed by atoms with van der Waals surface area (Å²) < 4.78 is 33.0. The van der Waals surface area contributed by atoms with E-state index in [-0.39, 0.29) is 24.8 Å². The van der Waals surface area contributed by atoms with Gasteiger partial charge in [-0.2, -0.15) is 0 Å². The highest BCUT2D eigenvalue weighted by atomic mass is 31.2. The van der Waals surface area contributed by atoms with Gasteiger partial charge in [-0.15, -0.1) is 0 Å². The van der Waals surface area contributed by atoms with Crippen molar-refractivity contribution in [3.8, 4) is 0 Å². The number of hydrogen-bond acceptors (Lipinski definition) is 5. The standard InChI is InChI=1S/C10H19O7P/c1-10(2)16-7-6(4-5-18(11,12)13)15-9(14-3)8(7)17-10/h6-9H,4-5H2,1-3H3,(H2,11,12,13)/t6-,7-,8-,9-/m1/s1. The first-order valence-electron chi connectivity index (χ1n) is 5.80. The van der Waals surface area contributed by atoms with Crippen LogP contribution in [0.4, 0.5) is 0 Å². The van der Waals surface area contributed by atoms with Crippen molar-refractivity contribution in [2.75, 3.05) is 13.3 Å². The third-order valence-corrected chi connectivity index (χ3v) is 3.89. The van der Waals surface area contributed by atoms with Gasteiger partial charge in [-0.05, 0) is 20.3 Å². The molecular formula is C10H19O7P. The topological polar surface area (TPSA) is 94.5 Å². The van der Waals surface area contributed by atoms with Crippen LogP contribution in [0.1, 0.15) is 20.3 Å². The first kappa shape index (κ1) is 14.4. The summed E-state index contributed by atoms with van der Waals surface area (Å²) in [6, 6.07) is 0. The lowest BCUT2D eigenvalue weighted by molar-refractivity contribution is -0.227. The molecular weight excluding hydrogens is 263 g/mol. The highest BCUT2D eigenvalue weighted by Crippen LogP contribution is 2.42. The van der Waals surface area contributed by atoms with E-state index >= 15 is 0 Å². The third-order valence-electron chi connectivity index (χ3n) is 3.04. The Labute approximate surface area is 106 Å². The number of hydrogen-bond donors (Lipinski definition) is 2. The fourth-order valence-electron chi connectivity index (χ4n) is 2.36. The molecule has 0 saturated carbocycles. The quantitative estimate of drug-likeness (QED) is 0.723. The minimum atomic E-state index is -4.03. The van der Waals surface area contributed by atoms with E-state index in [1.165, 1.54) is 7.11 Å². The summed E-state index contributed by atoms with van der Waals surface area (Å²) >= 11 is 0. The Morgan fingerprint density at radius 1 is 1.28 bits per heavy atom. The largest absolute Gasteiger partial charge is 0.353 e. The second-order valence-electron chi connectivity index (χ2n) is 5.02. The Kier molecular flexibility index (Phi) is 3.86. The summed E-state index contributed by atoms with van der Waals surface area (Å²) in [5, 5.41) is 0. The predicted octanol–water partition coefficient (Wildman–Crippen LogP) is 0.446. The molecule has 0 aliphatic carbocycles. The van der Waals surface area contributed by atoms with Gasteiger partial charge in [0, 0.05) is 7.11 Å². The summed E-state index contributed by atoms with van der Waals surface area (Å²) in [4.78, 5) is 17.8. The number of fused-ring (bicyclic) bond motifs is 1. The second-order valence-corrected chi connectivity index (χ2v) is 6.80. The van der Waals surface area contributed by atoms with Gasteiger partial charge in [0.05, 0.1) is 12.3 Å². The SMILES string of the molecule is CO[C@@H]1O[C@H](CCP(=O)(O)O)[C@H]2OC(C)(C)O[C@@H]12. The summed E-state index contributed by atoms with van der Waals surface area (Å²) in [5.41, 5.74) is 0. The summed E-state index contributed by atoms with van der Waals surface area (Å²) in [6.07, 6.45) is -1.71. The Hall–Kier alpha value is -0.0100. The van der Waals surface area contributed by atoms with Crippen LogP contribution in [0.5, 0.6) is 0 Å². The van der Waals surface area contributed by atoms with E-state index in [9.17, 15) is 4.57 Å². The second kappa shape index (κ2) is 4.83. The average molecular weight is 282 g/mol. The van der Waals surface area contributed by atoms with E-state index in [0.717, 1.165) is 0 Å². The van der Waals surface area contributed by atoms with E-state index in [1.54, 1.807) is 13.8 Å². The smallest absolute Gasteiger partial charge is 0.325 e. The maximum absolute atomic E-state index is 10.9. The monoisotopic (exact) mass is 282 g/mol. The highest BCUT2D eigenvalue weighted by molar-refractivity contribution is 7.51. The Morgan fingerprint density at radius 2 is 1.89 bits per heavy atom. The molecule has 0 unspecified atom stereocenters. The van der Waals surface area contributed by atoms with Crippen LogP contribution in [0.25, 0.3) is 0 Å². The van der Waals surface area contributed by atoms with E-state index in [4.69, 9.17) is 28.7 Å². The molecule has 7 nitrogen and oxygen atoms in total. The van der Waals surface area contributed by atoms with Crippen molar-refractivity contribution in [1.29, 1.82) is 0 Å². The fraction of sp³-hybridized carbons (Fsp3) is 1.00. The Morgan fingerprint density at radius 3 is 2.44 bits per heavy atom. The first-order valence-corrected chi connectivity index (χ1v) is 7.60. The van der Waals surface area contributed by atoms with Crippen LogP contribution in [0.15, 0.2) is 0 Å². The van der Waals surface area contributed by atoms with Crippen LogP contribution in [0.2, 0.25) is 0 Å². The number of methoxy groups -OCH3 is 1. The Bertz CT molecular complexity index is 352. The minimum absolute atomic E-state index is 0.213. The predicted molar refractivity (Wildman–Crippen MR) is 61.0 cm³/mol. The summed E-state index contributed by atoms with van der Waals surface area (Å²) in [5.74, 6) is -0.726. The molecule has 0 aromatic heterocycles. The van der Waals surface area contributed by atoms with Crippen molar-refractivity contribution in [2.24, 2.45) is 0 Å². The van der Waals surface area contributed by atoms with Gasteiger partial charge in [0.15, 0.2) is 12.1 Å². The van der Waals surface area contributed by atoms with Gasteiger partial charge in [0.2, 0.25) is 0 Å². The first-order chi connectivity index (χ1) is 8.22. The molecule has 106 valence electrons. The number of ether oxygens (including phenoxy) is 4. The van der Waals surface area contributed by atoms with E-state index in [1.807, 2.05) is 0 Å². The summed E-state index contributed by atoms with van der Waals surface area (Å²) in [6.45, 7) is 3.58. The zero-order valence-electron chi connectivity index (χ0n) is 10.6. The van der Waals surface area contributed by atoms with Crippen LogP contribution < -0.4 is 0 Å². The molecule has 2 aliphatic heterocycles. The zero-order valence-corrected chi connectivity index (χ0v) is 11.5. The zero-order chi connectivity index (χ0) is 13.6. The lowest BCUT2D eigenvalue weighted by Gasteiger charge is -2.23. The molecule has 8 heteroatoms. The Balaban J connectivity index is 2.02. The van der Waals surface area contributed by atoms with Crippen molar-refractivity contribution in [3.63, 3.8) is 0 Å². The molecule has 2 aliphatic rings. The lowest BCUT2D eigenvalue weighted by atomic mass is 10.1. The molecule has 4 atom stereocenters. The third kappa shape index (κ3) is 3.11. The van der Waals surface area contributed by atoms with E-state index in [0.29, 0.717) is 0 Å². The average Bonchev–Trinajstić information content (AvgIpc) is 2.67. The van der Waals surface area contributed by atoms with Gasteiger partial charge < -0.3 is 28.7 Å². The molecule has 2 rings (SSSR count). The molecule has 2 saturated heterocycles. The molecule has 2 N–H and O–H groups in total. The highest BCUT2D eigenvalue weighted by Gasteiger charge is 2.55. The normalized spacial score (nSPS) is 38.9. The van der Waals surface area contributed by atoms with Crippen molar-refractivity contribution >= 4 is 7.60 Å². The van der Waals surface area contributed by atoms with Gasteiger partial charge >= 0.3 is 7.60 Å². The lowest BCUT2D eigenvalue weighted by Crippen LogP contribution is -2.30. The van der Waals surface area contributed by atoms with Crippen LogP contribution in [0, 0.1) is 0 Å². The molecule has 0 bridgehead atoms. The molecule has 0 spiro atoms. The maximum atomic E-state index is 10.9. The fourth-order valence-corrected chi connectivity index (χ4v) is 2.95. The van der Waals surface area contributed by atoms with Crippen molar-refractivity contribution in [2.45, 2.75) is 50.7 Å². The van der Waals surface area contributed by atoms with Crippen LogP contribution >= 0.6 is 7.60 Å². The van der Waals surface area contributed by atoms with Crippen molar-refractivity contribution < 1.29 is 33.3 Å². The molecule has 0 aromatic rings. The van der Waals surface area contributed by atoms with Crippen LogP contribution in [-0.2, 0) is 23.5 Å². The van der Waals surface area contributed by atoms with E-state index < -0.39 is 25.8 Å². The van der Waals surface area contributed by atoms with Gasteiger partial charge in [-0.25, -0.2) is 0 Å². The van der Waals surface area contributed by atoms with Gasteiger partial charge in [0.25, 0.3) is 0 Å². The summed E-state index contributed by atoms with van der Waals surface area (Å²) in [7, 11) is -2.53. The molecule has 2 heterocycles. The molecule has 0 aromatic carbocycles. The molecule has 2 fully saturated rings. The van der Waals surface area contributed by atoms with Crippen molar-refractivity contribution in [1.82, 2.24) is 0 Å². The minimum Gasteiger partial charge on any atom is -0.353 e. The molecule has 0 amide bonds.